The van der Waals surface area contributed by atoms with Gasteiger partial charge < -0.3 is 10.4 Å². The zero-order valence-electron chi connectivity index (χ0n) is 9.56. The van der Waals surface area contributed by atoms with Crippen LogP contribution in [-0.2, 0) is 4.79 Å². The molecule has 1 rings (SSSR count). The highest BCUT2D eigenvalue weighted by molar-refractivity contribution is 7.99. The number of rotatable bonds is 5. The van der Waals surface area contributed by atoms with Crippen LogP contribution in [0.3, 0.4) is 0 Å². The zero-order valence-corrected chi connectivity index (χ0v) is 10.4. The van der Waals surface area contributed by atoms with Crippen molar-refractivity contribution in [1.29, 1.82) is 0 Å². The molecule has 4 heteroatoms. The quantitative estimate of drug-likeness (QED) is 0.776. The van der Waals surface area contributed by atoms with Gasteiger partial charge in [0, 0.05) is 15.8 Å². The standard InChI is InChI=1S/C12H17NO2S/c1-9(2)16-11-5-3-10(4-6-11)13-12(15)7-8-14/h3-6,9,14H,7-8H2,1-2H3,(H,13,15). The van der Waals surface area contributed by atoms with E-state index in [0.29, 0.717) is 5.25 Å². The van der Waals surface area contributed by atoms with E-state index in [-0.39, 0.29) is 18.9 Å². The molecule has 0 fully saturated rings. The topological polar surface area (TPSA) is 49.3 Å². The van der Waals surface area contributed by atoms with Crippen LogP contribution in [0.15, 0.2) is 29.2 Å². The van der Waals surface area contributed by atoms with Crippen molar-refractivity contribution in [2.45, 2.75) is 30.4 Å². The van der Waals surface area contributed by atoms with Crippen LogP contribution in [-0.4, -0.2) is 22.9 Å². The van der Waals surface area contributed by atoms with E-state index >= 15 is 0 Å². The third-order valence-corrected chi connectivity index (χ3v) is 2.86. The molecule has 3 nitrogen and oxygen atoms in total. The van der Waals surface area contributed by atoms with Gasteiger partial charge in [0.25, 0.3) is 0 Å². The molecule has 0 aromatic heterocycles. The van der Waals surface area contributed by atoms with Crippen LogP contribution in [0.25, 0.3) is 0 Å². The van der Waals surface area contributed by atoms with Gasteiger partial charge in [0.2, 0.25) is 5.91 Å². The van der Waals surface area contributed by atoms with Crippen molar-refractivity contribution in [3.8, 4) is 0 Å². The molecule has 0 spiro atoms. The third kappa shape index (κ3) is 4.68. The lowest BCUT2D eigenvalue weighted by molar-refractivity contribution is -0.116. The smallest absolute Gasteiger partial charge is 0.226 e. The summed E-state index contributed by atoms with van der Waals surface area (Å²) in [6, 6.07) is 7.72. The number of hydrogen-bond donors (Lipinski definition) is 2. The van der Waals surface area contributed by atoms with Crippen LogP contribution in [0, 0.1) is 0 Å². The number of nitrogens with one attached hydrogen (secondary N) is 1. The monoisotopic (exact) mass is 239 g/mol. The van der Waals surface area contributed by atoms with E-state index in [1.807, 2.05) is 24.3 Å². The summed E-state index contributed by atoms with van der Waals surface area (Å²) < 4.78 is 0. The molecule has 0 unspecified atom stereocenters. The average Bonchev–Trinajstić information content (AvgIpc) is 2.20. The molecule has 0 bridgehead atoms. The van der Waals surface area contributed by atoms with Gasteiger partial charge in [-0.25, -0.2) is 0 Å². The lowest BCUT2D eigenvalue weighted by atomic mass is 10.3. The van der Waals surface area contributed by atoms with Crippen LogP contribution >= 0.6 is 11.8 Å². The number of aliphatic hydroxyl groups is 1. The lowest BCUT2D eigenvalue weighted by Gasteiger charge is -2.07. The Kier molecular flexibility index (Phi) is 5.35. The van der Waals surface area contributed by atoms with Crippen molar-refractivity contribution < 1.29 is 9.90 Å². The Labute approximate surface area is 100 Å². The number of benzene rings is 1. The molecular weight excluding hydrogens is 222 g/mol. The number of hydrogen-bond acceptors (Lipinski definition) is 3. The van der Waals surface area contributed by atoms with Gasteiger partial charge in [0.15, 0.2) is 0 Å². The summed E-state index contributed by atoms with van der Waals surface area (Å²) in [5, 5.41) is 11.9. The predicted molar refractivity (Wildman–Crippen MR) is 67.8 cm³/mol. The van der Waals surface area contributed by atoms with E-state index in [9.17, 15) is 4.79 Å². The molecule has 1 aromatic carbocycles. The van der Waals surface area contributed by atoms with E-state index in [0.717, 1.165) is 5.69 Å². The molecule has 2 N–H and O–H groups in total. The maximum absolute atomic E-state index is 11.2. The second-order valence-corrected chi connectivity index (χ2v) is 5.36. The maximum atomic E-state index is 11.2. The van der Waals surface area contributed by atoms with Crippen LogP contribution < -0.4 is 5.32 Å². The minimum atomic E-state index is -0.160. The van der Waals surface area contributed by atoms with Crippen molar-refractivity contribution in [3.05, 3.63) is 24.3 Å². The largest absolute Gasteiger partial charge is 0.396 e. The molecule has 0 aliphatic rings. The van der Waals surface area contributed by atoms with Gasteiger partial charge in [0.1, 0.15) is 0 Å². The number of thioether (sulfide) groups is 1. The highest BCUT2D eigenvalue weighted by Gasteiger charge is 2.02. The van der Waals surface area contributed by atoms with Gasteiger partial charge in [0.05, 0.1) is 13.0 Å². The molecular formula is C12H17NO2S. The van der Waals surface area contributed by atoms with Gasteiger partial charge >= 0.3 is 0 Å². The molecule has 0 saturated heterocycles. The van der Waals surface area contributed by atoms with E-state index in [2.05, 4.69) is 19.2 Å². The fraction of sp³-hybridized carbons (Fsp3) is 0.417. The summed E-state index contributed by atoms with van der Waals surface area (Å²) in [4.78, 5) is 12.4. The first kappa shape index (κ1) is 13.1. The van der Waals surface area contributed by atoms with Gasteiger partial charge in [-0.05, 0) is 24.3 Å². The highest BCUT2D eigenvalue weighted by atomic mass is 32.2. The number of aliphatic hydroxyl groups excluding tert-OH is 1. The Morgan fingerprint density at radius 3 is 2.50 bits per heavy atom. The first-order chi connectivity index (χ1) is 7.61. The fourth-order valence-electron chi connectivity index (χ4n) is 1.21. The maximum Gasteiger partial charge on any atom is 0.226 e. The van der Waals surface area contributed by atoms with Crippen molar-refractivity contribution in [1.82, 2.24) is 0 Å². The normalized spacial score (nSPS) is 10.5. The minimum Gasteiger partial charge on any atom is -0.396 e. The summed E-state index contributed by atoms with van der Waals surface area (Å²) in [6.07, 6.45) is 0.141. The Morgan fingerprint density at radius 2 is 2.00 bits per heavy atom. The lowest BCUT2D eigenvalue weighted by Crippen LogP contribution is -2.12. The van der Waals surface area contributed by atoms with Gasteiger partial charge in [-0.1, -0.05) is 13.8 Å². The second kappa shape index (κ2) is 6.55. The molecule has 0 aliphatic carbocycles. The van der Waals surface area contributed by atoms with Crippen LogP contribution in [0.4, 0.5) is 5.69 Å². The first-order valence-corrected chi connectivity index (χ1v) is 6.17. The zero-order chi connectivity index (χ0) is 12.0. The summed E-state index contributed by atoms with van der Waals surface area (Å²) in [7, 11) is 0. The summed E-state index contributed by atoms with van der Waals surface area (Å²) in [5.41, 5.74) is 0.770. The van der Waals surface area contributed by atoms with E-state index in [4.69, 9.17) is 5.11 Å². The van der Waals surface area contributed by atoms with Crippen molar-refractivity contribution in [2.24, 2.45) is 0 Å². The Morgan fingerprint density at radius 1 is 1.38 bits per heavy atom. The Bertz CT molecular complexity index is 335. The minimum absolute atomic E-state index is 0.118. The average molecular weight is 239 g/mol. The highest BCUT2D eigenvalue weighted by Crippen LogP contribution is 2.24. The molecule has 0 radical (unpaired) electrons. The molecule has 1 aromatic rings. The number of carbonyl (C=O) groups excluding carboxylic acids is 1. The fourth-order valence-corrected chi connectivity index (χ4v) is 2.05. The van der Waals surface area contributed by atoms with Crippen LogP contribution in [0.2, 0.25) is 0 Å². The number of anilines is 1. The van der Waals surface area contributed by atoms with Crippen LogP contribution in [0.5, 0.6) is 0 Å². The number of carbonyl (C=O) groups is 1. The predicted octanol–water partition coefficient (Wildman–Crippen LogP) is 2.51. The summed E-state index contributed by atoms with van der Waals surface area (Å²) in [5.74, 6) is -0.160. The van der Waals surface area contributed by atoms with Gasteiger partial charge in [-0.3, -0.25) is 4.79 Å². The van der Waals surface area contributed by atoms with Gasteiger partial charge in [-0.15, -0.1) is 11.8 Å². The van der Waals surface area contributed by atoms with E-state index < -0.39 is 0 Å². The molecule has 1 amide bonds. The van der Waals surface area contributed by atoms with Crippen molar-refractivity contribution in [3.63, 3.8) is 0 Å². The molecule has 88 valence electrons. The molecule has 0 aliphatic heterocycles. The first-order valence-electron chi connectivity index (χ1n) is 5.29. The second-order valence-electron chi connectivity index (χ2n) is 3.71. The SMILES string of the molecule is CC(C)Sc1ccc(NC(=O)CCO)cc1. The molecule has 0 heterocycles. The molecule has 0 saturated carbocycles. The summed E-state index contributed by atoms with van der Waals surface area (Å²) in [6.45, 7) is 4.16. The van der Waals surface area contributed by atoms with Crippen molar-refractivity contribution >= 4 is 23.4 Å². The molecule has 16 heavy (non-hydrogen) atoms. The third-order valence-electron chi connectivity index (χ3n) is 1.85. The van der Waals surface area contributed by atoms with Crippen molar-refractivity contribution in [2.75, 3.05) is 11.9 Å². The Hall–Kier alpha value is -1.00. The molecule has 0 atom stereocenters. The van der Waals surface area contributed by atoms with E-state index in [1.165, 1.54) is 4.90 Å². The van der Waals surface area contributed by atoms with Gasteiger partial charge in [-0.2, -0.15) is 0 Å². The number of amides is 1. The Balaban J connectivity index is 2.54. The van der Waals surface area contributed by atoms with E-state index in [1.54, 1.807) is 11.8 Å². The summed E-state index contributed by atoms with van der Waals surface area (Å²) >= 11 is 1.78. The van der Waals surface area contributed by atoms with Crippen LogP contribution in [0.1, 0.15) is 20.3 Å².